The molecule has 0 radical (unpaired) electrons. The molecule has 3 atom stereocenters. The molecule has 0 aromatic carbocycles. The van der Waals surface area contributed by atoms with Crippen LogP contribution < -0.4 is 10.6 Å². The van der Waals surface area contributed by atoms with Crippen molar-refractivity contribution in [3.05, 3.63) is 30.1 Å². The maximum absolute atomic E-state index is 13.0. The summed E-state index contributed by atoms with van der Waals surface area (Å²) in [4.78, 5) is 41.8. The monoisotopic (exact) mass is 405 g/mol. The van der Waals surface area contributed by atoms with Crippen LogP contribution in [0.15, 0.2) is 24.4 Å². The number of esters is 1. The van der Waals surface area contributed by atoms with E-state index in [1.807, 2.05) is 6.07 Å². The van der Waals surface area contributed by atoms with E-state index in [-0.39, 0.29) is 0 Å². The molecule has 0 bridgehead atoms. The lowest BCUT2D eigenvalue weighted by molar-refractivity contribution is -0.146. The molecule has 1 saturated carbocycles. The van der Waals surface area contributed by atoms with Crippen LogP contribution in [-0.2, 0) is 19.1 Å². The second kappa shape index (κ2) is 9.71. The summed E-state index contributed by atoms with van der Waals surface area (Å²) in [5, 5.41) is 5.39. The van der Waals surface area contributed by atoms with Crippen molar-refractivity contribution in [1.29, 1.82) is 0 Å². The zero-order valence-electron chi connectivity index (χ0n) is 17.7. The number of carbonyl (C=O) groups is 3. The van der Waals surface area contributed by atoms with Gasteiger partial charge in [0, 0.05) is 17.8 Å². The van der Waals surface area contributed by atoms with Crippen LogP contribution in [0.3, 0.4) is 0 Å². The summed E-state index contributed by atoms with van der Waals surface area (Å²) in [6.45, 7) is 7.06. The second-order valence-electron chi connectivity index (χ2n) is 8.43. The van der Waals surface area contributed by atoms with Crippen LogP contribution in [-0.4, -0.2) is 47.7 Å². The van der Waals surface area contributed by atoms with Crippen LogP contribution in [0.5, 0.6) is 0 Å². The fourth-order valence-electron chi connectivity index (χ4n) is 2.95. The molecule has 2 amide bonds. The Labute approximate surface area is 171 Å². The van der Waals surface area contributed by atoms with Crippen molar-refractivity contribution >= 4 is 18.0 Å². The summed E-state index contributed by atoms with van der Waals surface area (Å²) in [6, 6.07) is 3.66. The van der Waals surface area contributed by atoms with Gasteiger partial charge in [0.15, 0.2) is 0 Å². The fourth-order valence-corrected chi connectivity index (χ4v) is 2.95. The fraction of sp³-hybridized carbons (Fsp3) is 0.619. The van der Waals surface area contributed by atoms with Crippen molar-refractivity contribution < 1.29 is 23.9 Å². The molecule has 8 heteroatoms. The molecule has 1 heterocycles. The number of rotatable bonds is 8. The summed E-state index contributed by atoms with van der Waals surface area (Å²) < 4.78 is 10.2. The first-order chi connectivity index (χ1) is 13.6. The van der Waals surface area contributed by atoms with Gasteiger partial charge in [0.1, 0.15) is 17.7 Å². The number of aromatic nitrogens is 1. The zero-order chi connectivity index (χ0) is 21.6. The maximum Gasteiger partial charge on any atom is 0.408 e. The average molecular weight is 405 g/mol. The first kappa shape index (κ1) is 22.6. The Bertz CT molecular complexity index is 713. The van der Waals surface area contributed by atoms with Gasteiger partial charge in [0.2, 0.25) is 5.91 Å². The van der Waals surface area contributed by atoms with Gasteiger partial charge in [-0.15, -0.1) is 0 Å². The molecule has 0 spiro atoms. The Morgan fingerprint density at radius 3 is 2.41 bits per heavy atom. The minimum absolute atomic E-state index is 0.380. The molecule has 2 unspecified atom stereocenters. The minimum atomic E-state index is -0.926. The molecule has 2 N–H and O–H groups in total. The van der Waals surface area contributed by atoms with Gasteiger partial charge in [-0.1, -0.05) is 25.8 Å². The molecule has 1 aliphatic rings. The van der Waals surface area contributed by atoms with Crippen molar-refractivity contribution in [2.75, 3.05) is 7.11 Å². The number of amides is 2. The van der Waals surface area contributed by atoms with Gasteiger partial charge in [0.25, 0.3) is 0 Å². The first-order valence-corrected chi connectivity index (χ1v) is 9.89. The third kappa shape index (κ3) is 7.36. The van der Waals surface area contributed by atoms with Crippen LogP contribution in [0.4, 0.5) is 4.79 Å². The Morgan fingerprint density at radius 1 is 1.21 bits per heavy atom. The molecule has 1 aromatic rings. The number of carbonyl (C=O) groups excluding carboxylic acids is 3. The predicted octanol–water partition coefficient (Wildman–Crippen LogP) is 2.54. The highest BCUT2D eigenvalue weighted by atomic mass is 16.6. The van der Waals surface area contributed by atoms with Crippen LogP contribution in [0.2, 0.25) is 0 Å². The topological polar surface area (TPSA) is 107 Å². The molecule has 0 saturated heterocycles. The highest BCUT2D eigenvalue weighted by Crippen LogP contribution is 2.33. The zero-order valence-corrected chi connectivity index (χ0v) is 17.7. The summed E-state index contributed by atoms with van der Waals surface area (Å²) >= 11 is 0. The summed E-state index contributed by atoms with van der Waals surface area (Å²) in [7, 11) is 1.27. The molecule has 160 valence electrons. The molecule has 1 aromatic heterocycles. The number of methoxy groups -OCH3 is 1. The highest BCUT2D eigenvalue weighted by molar-refractivity contribution is 5.90. The van der Waals surface area contributed by atoms with Gasteiger partial charge in [0.05, 0.1) is 7.11 Å². The largest absolute Gasteiger partial charge is 0.467 e. The van der Waals surface area contributed by atoms with E-state index in [9.17, 15) is 14.4 Å². The Balaban J connectivity index is 2.12. The summed E-state index contributed by atoms with van der Waals surface area (Å²) in [6.07, 6.45) is 3.50. The van der Waals surface area contributed by atoms with Crippen molar-refractivity contribution in [3.8, 4) is 0 Å². The minimum Gasteiger partial charge on any atom is -0.467 e. The molecular formula is C21H31N3O5. The molecule has 1 aliphatic carbocycles. The van der Waals surface area contributed by atoms with Gasteiger partial charge in [-0.3, -0.25) is 9.78 Å². The predicted molar refractivity (Wildman–Crippen MR) is 107 cm³/mol. The quantitative estimate of drug-likeness (QED) is 0.644. The Morgan fingerprint density at radius 2 is 1.90 bits per heavy atom. The second-order valence-corrected chi connectivity index (χ2v) is 8.43. The van der Waals surface area contributed by atoms with Gasteiger partial charge >= 0.3 is 12.1 Å². The number of alkyl carbamates (subject to hydrolysis) is 1. The first-order valence-electron chi connectivity index (χ1n) is 9.89. The SMILES string of the molecule is COC(=O)C(NC(=O)[C@H](CC1CC1)NC(=O)OC(C)(C)C)C(C)c1ccccn1. The lowest BCUT2D eigenvalue weighted by Gasteiger charge is -2.27. The van der Waals surface area contributed by atoms with Crippen LogP contribution in [0.25, 0.3) is 0 Å². The summed E-state index contributed by atoms with van der Waals surface area (Å²) in [5.74, 6) is -1.04. The molecule has 8 nitrogen and oxygen atoms in total. The summed E-state index contributed by atoms with van der Waals surface area (Å²) in [5.41, 5.74) is -0.0192. The molecule has 29 heavy (non-hydrogen) atoms. The van der Waals surface area contributed by atoms with E-state index < -0.39 is 41.6 Å². The molecule has 2 rings (SSSR count). The van der Waals surface area contributed by atoms with E-state index in [4.69, 9.17) is 9.47 Å². The van der Waals surface area contributed by atoms with E-state index in [2.05, 4.69) is 15.6 Å². The number of pyridine rings is 1. The van der Waals surface area contributed by atoms with E-state index in [0.29, 0.717) is 18.0 Å². The standard InChI is InChI=1S/C21H31N3O5/c1-13(15-8-6-7-11-22-15)17(19(26)28-5)24-18(25)16(12-14-9-10-14)23-20(27)29-21(2,3)4/h6-8,11,13-14,16-17H,9-10,12H2,1-5H3,(H,23,27)(H,24,25)/t13?,16-,17?/m0/s1. The van der Waals surface area contributed by atoms with Gasteiger partial charge in [-0.05, 0) is 45.2 Å². The van der Waals surface area contributed by atoms with E-state index >= 15 is 0 Å². The lowest BCUT2D eigenvalue weighted by atomic mass is 9.96. The van der Waals surface area contributed by atoms with Crippen molar-refractivity contribution in [3.63, 3.8) is 0 Å². The van der Waals surface area contributed by atoms with E-state index in [0.717, 1.165) is 12.8 Å². The number of nitrogens with zero attached hydrogens (tertiary/aromatic N) is 1. The Hall–Kier alpha value is -2.64. The van der Waals surface area contributed by atoms with E-state index in [1.54, 1.807) is 46.0 Å². The Kier molecular flexibility index (Phi) is 7.59. The maximum atomic E-state index is 13.0. The van der Waals surface area contributed by atoms with Crippen LogP contribution >= 0.6 is 0 Å². The number of nitrogens with one attached hydrogen (secondary N) is 2. The lowest BCUT2D eigenvalue weighted by Crippen LogP contribution is -2.54. The molecular weight excluding hydrogens is 374 g/mol. The third-order valence-corrected chi connectivity index (χ3v) is 4.68. The number of hydrogen-bond donors (Lipinski definition) is 2. The average Bonchev–Trinajstić information content (AvgIpc) is 3.47. The van der Waals surface area contributed by atoms with Crippen LogP contribution in [0.1, 0.15) is 58.6 Å². The van der Waals surface area contributed by atoms with Crippen molar-refractivity contribution in [2.24, 2.45) is 5.92 Å². The number of ether oxygens (including phenoxy) is 2. The normalized spacial score (nSPS) is 16.9. The molecule has 0 aliphatic heterocycles. The van der Waals surface area contributed by atoms with Gasteiger partial charge in [-0.2, -0.15) is 0 Å². The third-order valence-electron chi connectivity index (χ3n) is 4.68. The highest BCUT2D eigenvalue weighted by Gasteiger charge is 2.35. The van der Waals surface area contributed by atoms with Gasteiger partial charge < -0.3 is 20.1 Å². The van der Waals surface area contributed by atoms with Crippen molar-refractivity contribution in [1.82, 2.24) is 15.6 Å². The van der Waals surface area contributed by atoms with Crippen LogP contribution in [0, 0.1) is 5.92 Å². The van der Waals surface area contributed by atoms with Gasteiger partial charge in [-0.25, -0.2) is 9.59 Å². The molecule has 1 fully saturated rings. The smallest absolute Gasteiger partial charge is 0.408 e. The van der Waals surface area contributed by atoms with E-state index in [1.165, 1.54) is 7.11 Å². The number of hydrogen-bond acceptors (Lipinski definition) is 6. The van der Waals surface area contributed by atoms with Crippen molar-refractivity contribution in [2.45, 2.75) is 70.6 Å².